The fraction of sp³-hybridized carbons (Fsp3) is 0.120. The lowest BCUT2D eigenvalue weighted by Crippen LogP contribution is -2.08. The van der Waals surface area contributed by atoms with Crippen LogP contribution < -0.4 is 9.47 Å². The molecule has 4 rings (SSSR count). The first-order valence-electron chi connectivity index (χ1n) is 9.88. The van der Waals surface area contributed by atoms with Gasteiger partial charge in [0.05, 0.1) is 11.3 Å². The largest absolute Gasteiger partial charge is 0.473 e. The van der Waals surface area contributed by atoms with E-state index in [0.29, 0.717) is 18.1 Å². The van der Waals surface area contributed by atoms with Gasteiger partial charge in [-0.25, -0.2) is 4.98 Å². The maximum atomic E-state index is 13.1. The summed E-state index contributed by atoms with van der Waals surface area (Å²) >= 11 is 0. The van der Waals surface area contributed by atoms with Crippen LogP contribution in [0.1, 0.15) is 16.8 Å². The number of aromatic nitrogens is 2. The summed E-state index contributed by atoms with van der Waals surface area (Å²) in [5.74, 6) is 0.443. The molecule has 4 nitrogen and oxygen atoms in total. The Morgan fingerprint density at radius 1 is 0.625 bits per heavy atom. The minimum Gasteiger partial charge on any atom is -0.473 e. The van der Waals surface area contributed by atoms with Crippen LogP contribution in [0.25, 0.3) is 11.3 Å². The SMILES string of the molecule is FC(F)(F)c1cccc(-c2ccc(OCc3ccccc3)nc2OCc2ccccc2)n1. The Labute approximate surface area is 183 Å². The molecule has 0 aliphatic carbocycles. The van der Waals surface area contributed by atoms with E-state index in [2.05, 4.69) is 9.97 Å². The number of alkyl halides is 3. The van der Waals surface area contributed by atoms with Crippen LogP contribution in [0.3, 0.4) is 0 Å². The van der Waals surface area contributed by atoms with Crippen LogP contribution in [-0.4, -0.2) is 9.97 Å². The topological polar surface area (TPSA) is 44.2 Å². The zero-order chi connectivity index (χ0) is 22.4. The number of rotatable bonds is 7. The maximum absolute atomic E-state index is 13.1. The third-order valence-corrected chi connectivity index (χ3v) is 4.60. The van der Waals surface area contributed by atoms with Crippen molar-refractivity contribution in [3.8, 4) is 23.0 Å². The van der Waals surface area contributed by atoms with E-state index in [1.165, 1.54) is 12.1 Å². The van der Waals surface area contributed by atoms with Crippen LogP contribution in [0, 0.1) is 0 Å². The number of pyridine rings is 2. The van der Waals surface area contributed by atoms with Gasteiger partial charge >= 0.3 is 6.18 Å². The van der Waals surface area contributed by atoms with Gasteiger partial charge in [0.15, 0.2) is 0 Å². The second-order valence-electron chi connectivity index (χ2n) is 6.96. The van der Waals surface area contributed by atoms with Gasteiger partial charge in [-0.1, -0.05) is 66.7 Å². The van der Waals surface area contributed by atoms with Gasteiger partial charge in [0.1, 0.15) is 18.9 Å². The molecule has 32 heavy (non-hydrogen) atoms. The summed E-state index contributed by atoms with van der Waals surface area (Å²) in [6.45, 7) is 0.495. The maximum Gasteiger partial charge on any atom is 0.433 e. The number of benzene rings is 2. The minimum absolute atomic E-state index is 0.116. The van der Waals surface area contributed by atoms with E-state index in [1.54, 1.807) is 12.1 Å². The molecule has 0 bridgehead atoms. The highest BCUT2D eigenvalue weighted by molar-refractivity contribution is 5.65. The molecule has 0 fully saturated rings. The van der Waals surface area contributed by atoms with E-state index >= 15 is 0 Å². The van der Waals surface area contributed by atoms with Crippen molar-refractivity contribution in [2.45, 2.75) is 19.4 Å². The summed E-state index contributed by atoms with van der Waals surface area (Å²) in [6, 6.07) is 25.9. The monoisotopic (exact) mass is 436 g/mol. The number of hydrogen-bond donors (Lipinski definition) is 0. The summed E-state index contributed by atoms with van der Waals surface area (Å²) in [6.07, 6.45) is -4.55. The molecule has 0 amide bonds. The lowest BCUT2D eigenvalue weighted by Gasteiger charge is -2.14. The molecule has 4 aromatic rings. The minimum atomic E-state index is -4.55. The molecule has 2 aromatic carbocycles. The second-order valence-corrected chi connectivity index (χ2v) is 6.96. The molecule has 0 atom stereocenters. The Bertz CT molecular complexity index is 1170. The van der Waals surface area contributed by atoms with Crippen LogP contribution in [0.15, 0.2) is 91.0 Å². The molecule has 2 aromatic heterocycles. The van der Waals surface area contributed by atoms with Gasteiger partial charge in [0.25, 0.3) is 0 Å². The predicted molar refractivity (Wildman–Crippen MR) is 114 cm³/mol. The molecule has 162 valence electrons. The predicted octanol–water partition coefficient (Wildman–Crippen LogP) is 6.32. The Morgan fingerprint density at radius 3 is 1.88 bits per heavy atom. The molecule has 0 N–H and O–H groups in total. The fourth-order valence-electron chi connectivity index (χ4n) is 3.01. The first kappa shape index (κ1) is 21.4. The Hall–Kier alpha value is -3.87. The molecule has 0 spiro atoms. The van der Waals surface area contributed by atoms with Crippen LogP contribution in [-0.2, 0) is 19.4 Å². The highest BCUT2D eigenvalue weighted by atomic mass is 19.4. The quantitative estimate of drug-likeness (QED) is 0.340. The third kappa shape index (κ3) is 5.43. The van der Waals surface area contributed by atoms with Crippen molar-refractivity contribution in [2.75, 3.05) is 0 Å². The van der Waals surface area contributed by atoms with Crippen LogP contribution in [0.2, 0.25) is 0 Å². The van der Waals surface area contributed by atoms with Gasteiger partial charge in [0.2, 0.25) is 11.8 Å². The normalized spacial score (nSPS) is 11.2. The van der Waals surface area contributed by atoms with E-state index in [4.69, 9.17) is 9.47 Å². The smallest absolute Gasteiger partial charge is 0.433 e. The van der Waals surface area contributed by atoms with E-state index in [-0.39, 0.29) is 18.2 Å². The second kappa shape index (κ2) is 9.51. The molecule has 0 saturated heterocycles. The number of halogens is 3. The van der Waals surface area contributed by atoms with Crippen LogP contribution in [0.5, 0.6) is 11.8 Å². The summed E-state index contributed by atoms with van der Waals surface area (Å²) in [7, 11) is 0. The molecule has 2 heterocycles. The van der Waals surface area contributed by atoms with Crippen molar-refractivity contribution >= 4 is 0 Å². The summed E-state index contributed by atoms with van der Waals surface area (Å²) in [4.78, 5) is 8.17. The molecular formula is C25H19F3N2O2. The lowest BCUT2D eigenvalue weighted by molar-refractivity contribution is -0.141. The van der Waals surface area contributed by atoms with Gasteiger partial charge in [-0.2, -0.15) is 18.2 Å². The van der Waals surface area contributed by atoms with Crippen molar-refractivity contribution in [2.24, 2.45) is 0 Å². The van der Waals surface area contributed by atoms with Gasteiger partial charge in [-0.3, -0.25) is 0 Å². The number of nitrogens with zero attached hydrogens (tertiary/aromatic N) is 2. The van der Waals surface area contributed by atoms with E-state index in [1.807, 2.05) is 60.7 Å². The lowest BCUT2D eigenvalue weighted by atomic mass is 10.1. The highest BCUT2D eigenvalue weighted by Gasteiger charge is 2.32. The van der Waals surface area contributed by atoms with Crippen molar-refractivity contribution in [1.29, 1.82) is 0 Å². The van der Waals surface area contributed by atoms with E-state index in [9.17, 15) is 13.2 Å². The molecule has 7 heteroatoms. The number of hydrogen-bond acceptors (Lipinski definition) is 4. The van der Waals surface area contributed by atoms with Crippen molar-refractivity contribution < 1.29 is 22.6 Å². The van der Waals surface area contributed by atoms with E-state index < -0.39 is 11.9 Å². The van der Waals surface area contributed by atoms with Crippen LogP contribution >= 0.6 is 0 Å². The average molecular weight is 436 g/mol. The molecular weight excluding hydrogens is 417 g/mol. The summed E-state index contributed by atoms with van der Waals surface area (Å²) in [5.41, 5.74) is 1.34. The van der Waals surface area contributed by atoms with Crippen molar-refractivity contribution in [3.05, 3.63) is 108 Å². The van der Waals surface area contributed by atoms with Gasteiger partial charge in [0, 0.05) is 6.07 Å². The van der Waals surface area contributed by atoms with Gasteiger partial charge in [-0.15, -0.1) is 0 Å². The number of ether oxygens (including phenoxy) is 2. The molecule has 0 aliphatic heterocycles. The van der Waals surface area contributed by atoms with E-state index in [0.717, 1.165) is 17.2 Å². The zero-order valence-electron chi connectivity index (χ0n) is 16.9. The van der Waals surface area contributed by atoms with Gasteiger partial charge < -0.3 is 9.47 Å². The molecule has 0 unspecified atom stereocenters. The molecule has 0 saturated carbocycles. The Kier molecular flexibility index (Phi) is 6.35. The zero-order valence-corrected chi connectivity index (χ0v) is 16.9. The Balaban J connectivity index is 1.63. The summed E-state index contributed by atoms with van der Waals surface area (Å²) < 4.78 is 51.1. The standard InChI is InChI=1S/C25H19F3N2O2/c26-25(27,28)22-13-7-12-21(29-22)20-14-15-23(31-16-18-8-3-1-4-9-18)30-24(20)32-17-19-10-5-2-6-11-19/h1-15H,16-17H2. The fourth-order valence-corrected chi connectivity index (χ4v) is 3.01. The highest BCUT2D eigenvalue weighted by Crippen LogP contribution is 2.33. The van der Waals surface area contributed by atoms with Crippen LogP contribution in [0.4, 0.5) is 13.2 Å². The van der Waals surface area contributed by atoms with Gasteiger partial charge in [-0.05, 0) is 29.3 Å². The average Bonchev–Trinajstić information content (AvgIpc) is 2.82. The Morgan fingerprint density at radius 2 is 1.25 bits per heavy atom. The third-order valence-electron chi connectivity index (χ3n) is 4.60. The van der Waals surface area contributed by atoms with Crippen molar-refractivity contribution in [1.82, 2.24) is 9.97 Å². The first-order chi connectivity index (χ1) is 15.5. The summed E-state index contributed by atoms with van der Waals surface area (Å²) in [5, 5.41) is 0. The molecule has 0 aliphatic rings. The molecule has 0 radical (unpaired) electrons. The van der Waals surface area contributed by atoms with Crippen molar-refractivity contribution in [3.63, 3.8) is 0 Å². The first-order valence-corrected chi connectivity index (χ1v) is 9.88.